The molecule has 1 amide bonds. The maximum atomic E-state index is 12.7. The van der Waals surface area contributed by atoms with Gasteiger partial charge >= 0.3 is 0 Å². The SMILES string of the molecule is CCc1c(C(=O)Nc2ccc(C#N)c(Cl)c2)cnn1Cc1ccccc1. The summed E-state index contributed by atoms with van der Waals surface area (Å²) in [5.41, 5.74) is 3.43. The molecule has 0 fully saturated rings. The molecule has 0 radical (unpaired) electrons. The zero-order chi connectivity index (χ0) is 18.5. The Hall–Kier alpha value is -3.10. The molecular formula is C20H17ClN4O. The highest BCUT2D eigenvalue weighted by Crippen LogP contribution is 2.21. The second-order valence-electron chi connectivity index (χ2n) is 5.76. The predicted octanol–water partition coefficient (Wildman–Crippen LogP) is 4.27. The standard InChI is InChI=1S/C20H17ClN4O/c1-2-19-17(12-23-25(19)13-14-6-4-3-5-7-14)20(26)24-16-9-8-15(11-22)18(21)10-16/h3-10,12H,2,13H2,1H3,(H,24,26). The van der Waals surface area contributed by atoms with E-state index >= 15 is 0 Å². The summed E-state index contributed by atoms with van der Waals surface area (Å²) in [6.45, 7) is 2.61. The number of hydrogen-bond acceptors (Lipinski definition) is 3. The Morgan fingerprint density at radius 3 is 2.69 bits per heavy atom. The van der Waals surface area contributed by atoms with Crippen LogP contribution in [0.4, 0.5) is 5.69 Å². The highest BCUT2D eigenvalue weighted by Gasteiger charge is 2.17. The Labute approximate surface area is 156 Å². The highest BCUT2D eigenvalue weighted by molar-refractivity contribution is 6.32. The van der Waals surface area contributed by atoms with E-state index in [0.29, 0.717) is 34.8 Å². The van der Waals surface area contributed by atoms with Crippen LogP contribution >= 0.6 is 11.6 Å². The molecule has 0 aliphatic rings. The van der Waals surface area contributed by atoms with Crippen molar-refractivity contribution in [3.63, 3.8) is 0 Å². The van der Waals surface area contributed by atoms with Crippen molar-refractivity contribution in [2.75, 3.05) is 5.32 Å². The van der Waals surface area contributed by atoms with Crippen LogP contribution in [0.25, 0.3) is 0 Å². The Bertz CT molecular complexity index is 973. The molecule has 3 rings (SSSR count). The van der Waals surface area contributed by atoms with Gasteiger partial charge in [-0.3, -0.25) is 9.48 Å². The van der Waals surface area contributed by atoms with Crippen molar-refractivity contribution < 1.29 is 4.79 Å². The molecule has 0 atom stereocenters. The van der Waals surface area contributed by atoms with E-state index in [1.165, 1.54) is 0 Å². The van der Waals surface area contributed by atoms with Gasteiger partial charge in [0.1, 0.15) is 6.07 Å². The average molecular weight is 365 g/mol. The molecule has 130 valence electrons. The molecule has 1 N–H and O–H groups in total. The van der Waals surface area contributed by atoms with Crippen molar-refractivity contribution >= 4 is 23.2 Å². The number of carbonyl (C=O) groups is 1. The van der Waals surface area contributed by atoms with E-state index in [4.69, 9.17) is 16.9 Å². The number of nitrogens with one attached hydrogen (secondary N) is 1. The van der Waals surface area contributed by atoms with Crippen LogP contribution < -0.4 is 5.32 Å². The van der Waals surface area contributed by atoms with Crippen molar-refractivity contribution in [3.05, 3.63) is 82.1 Å². The molecule has 1 heterocycles. The first-order valence-electron chi connectivity index (χ1n) is 8.22. The first-order valence-corrected chi connectivity index (χ1v) is 8.59. The maximum Gasteiger partial charge on any atom is 0.259 e. The number of aromatic nitrogens is 2. The lowest BCUT2D eigenvalue weighted by atomic mass is 10.1. The van der Waals surface area contributed by atoms with E-state index < -0.39 is 0 Å². The number of halogens is 1. The van der Waals surface area contributed by atoms with Crippen LogP contribution in [0, 0.1) is 11.3 Å². The molecular weight excluding hydrogens is 348 g/mol. The Morgan fingerprint density at radius 1 is 1.27 bits per heavy atom. The molecule has 26 heavy (non-hydrogen) atoms. The molecule has 3 aromatic rings. The predicted molar refractivity (Wildman–Crippen MR) is 101 cm³/mol. The normalized spacial score (nSPS) is 10.3. The summed E-state index contributed by atoms with van der Waals surface area (Å²) in [5, 5.41) is 16.4. The number of carbonyl (C=O) groups excluding carboxylic acids is 1. The largest absolute Gasteiger partial charge is 0.322 e. The van der Waals surface area contributed by atoms with Crippen molar-refractivity contribution in [3.8, 4) is 6.07 Å². The molecule has 0 aliphatic carbocycles. The Balaban J connectivity index is 1.81. The summed E-state index contributed by atoms with van der Waals surface area (Å²) < 4.78 is 1.84. The molecule has 0 unspecified atom stereocenters. The topological polar surface area (TPSA) is 70.7 Å². The van der Waals surface area contributed by atoms with E-state index in [1.807, 2.05) is 48.0 Å². The molecule has 0 aliphatic heterocycles. The second kappa shape index (κ2) is 7.85. The fraction of sp³-hybridized carbons (Fsp3) is 0.150. The minimum Gasteiger partial charge on any atom is -0.322 e. The Morgan fingerprint density at radius 2 is 2.04 bits per heavy atom. The van der Waals surface area contributed by atoms with Gasteiger partial charge in [0.15, 0.2) is 0 Å². The van der Waals surface area contributed by atoms with E-state index in [9.17, 15) is 4.79 Å². The third-order valence-electron chi connectivity index (χ3n) is 4.05. The van der Waals surface area contributed by atoms with Gasteiger partial charge < -0.3 is 5.32 Å². The average Bonchev–Trinajstić information content (AvgIpc) is 3.05. The van der Waals surface area contributed by atoms with Crippen LogP contribution in [0.2, 0.25) is 5.02 Å². The van der Waals surface area contributed by atoms with Gasteiger partial charge in [-0.05, 0) is 30.2 Å². The minimum absolute atomic E-state index is 0.248. The second-order valence-corrected chi connectivity index (χ2v) is 6.17. The molecule has 0 saturated heterocycles. The van der Waals surface area contributed by atoms with Crippen molar-refractivity contribution in [2.24, 2.45) is 0 Å². The van der Waals surface area contributed by atoms with Crippen LogP contribution in [-0.4, -0.2) is 15.7 Å². The van der Waals surface area contributed by atoms with Crippen molar-refractivity contribution in [1.82, 2.24) is 9.78 Å². The fourth-order valence-corrected chi connectivity index (χ4v) is 2.97. The molecule has 0 saturated carbocycles. The number of benzene rings is 2. The van der Waals surface area contributed by atoms with Gasteiger partial charge in [0.25, 0.3) is 5.91 Å². The maximum absolute atomic E-state index is 12.7. The van der Waals surface area contributed by atoms with Gasteiger partial charge in [-0.2, -0.15) is 10.4 Å². The van der Waals surface area contributed by atoms with Gasteiger partial charge in [0, 0.05) is 5.69 Å². The lowest BCUT2D eigenvalue weighted by Crippen LogP contribution is -2.15. The van der Waals surface area contributed by atoms with Gasteiger partial charge in [-0.1, -0.05) is 48.9 Å². The van der Waals surface area contributed by atoms with Gasteiger partial charge in [-0.15, -0.1) is 0 Å². The fourth-order valence-electron chi connectivity index (χ4n) is 2.75. The van der Waals surface area contributed by atoms with E-state index in [2.05, 4.69) is 10.4 Å². The molecule has 2 aromatic carbocycles. The molecule has 1 aromatic heterocycles. The van der Waals surface area contributed by atoms with Crippen LogP contribution in [0.3, 0.4) is 0 Å². The summed E-state index contributed by atoms with van der Waals surface area (Å²) >= 11 is 6.02. The van der Waals surface area contributed by atoms with E-state index in [-0.39, 0.29) is 5.91 Å². The number of nitriles is 1. The van der Waals surface area contributed by atoms with Crippen molar-refractivity contribution in [1.29, 1.82) is 5.26 Å². The van der Waals surface area contributed by atoms with Crippen LogP contribution in [0.15, 0.2) is 54.7 Å². The quantitative estimate of drug-likeness (QED) is 0.734. The molecule has 0 spiro atoms. The smallest absolute Gasteiger partial charge is 0.259 e. The first-order chi connectivity index (χ1) is 12.6. The third-order valence-corrected chi connectivity index (χ3v) is 4.36. The monoisotopic (exact) mass is 364 g/mol. The summed E-state index contributed by atoms with van der Waals surface area (Å²) in [5.74, 6) is -0.248. The lowest BCUT2D eigenvalue weighted by molar-refractivity contribution is 0.102. The summed E-state index contributed by atoms with van der Waals surface area (Å²) in [6.07, 6.45) is 2.27. The Kier molecular flexibility index (Phi) is 5.35. The van der Waals surface area contributed by atoms with Gasteiger partial charge in [0.2, 0.25) is 0 Å². The molecule has 0 bridgehead atoms. The molecule has 6 heteroatoms. The van der Waals surface area contributed by atoms with Crippen molar-refractivity contribution in [2.45, 2.75) is 19.9 Å². The van der Waals surface area contributed by atoms with Crippen LogP contribution in [-0.2, 0) is 13.0 Å². The van der Waals surface area contributed by atoms with E-state index in [0.717, 1.165) is 11.3 Å². The first kappa shape index (κ1) is 17.7. The third kappa shape index (κ3) is 3.76. The number of hydrogen-bond donors (Lipinski definition) is 1. The number of rotatable bonds is 5. The number of amides is 1. The summed E-state index contributed by atoms with van der Waals surface area (Å²) in [4.78, 5) is 12.7. The highest BCUT2D eigenvalue weighted by atomic mass is 35.5. The van der Waals surface area contributed by atoms with Crippen LogP contribution in [0.5, 0.6) is 0 Å². The minimum atomic E-state index is -0.248. The van der Waals surface area contributed by atoms with Crippen LogP contribution in [0.1, 0.15) is 34.1 Å². The number of anilines is 1. The summed E-state index contributed by atoms with van der Waals surface area (Å²) in [7, 11) is 0. The zero-order valence-corrected chi connectivity index (χ0v) is 15.0. The lowest BCUT2D eigenvalue weighted by Gasteiger charge is -2.09. The number of nitrogens with zero attached hydrogens (tertiary/aromatic N) is 3. The van der Waals surface area contributed by atoms with Gasteiger partial charge in [0.05, 0.1) is 34.6 Å². The zero-order valence-electron chi connectivity index (χ0n) is 14.2. The molecule has 5 nitrogen and oxygen atoms in total. The van der Waals surface area contributed by atoms with Gasteiger partial charge in [-0.25, -0.2) is 0 Å². The van der Waals surface area contributed by atoms with E-state index in [1.54, 1.807) is 24.4 Å². The summed E-state index contributed by atoms with van der Waals surface area (Å²) in [6, 6.07) is 16.8.